The van der Waals surface area contributed by atoms with Crippen molar-refractivity contribution in [2.45, 2.75) is 57.2 Å². The molecule has 0 amide bonds. The molecule has 4 rings (SSSR count). The number of halogens is 3. The maximum absolute atomic E-state index is 12.6. The van der Waals surface area contributed by atoms with Crippen molar-refractivity contribution < 1.29 is 22.7 Å². The average molecular weight is 302 g/mol. The highest BCUT2D eigenvalue weighted by Gasteiger charge is 2.59. The first-order valence-corrected chi connectivity index (χ1v) is 7.75. The molecule has 2 nitrogen and oxygen atoms in total. The summed E-state index contributed by atoms with van der Waals surface area (Å²) in [6, 6.07) is 0. The van der Waals surface area contributed by atoms with Crippen LogP contribution in [-0.4, -0.2) is 17.7 Å². The van der Waals surface area contributed by atoms with Gasteiger partial charge in [0.05, 0.1) is 0 Å². The molecule has 0 aliphatic heterocycles. The summed E-state index contributed by atoms with van der Waals surface area (Å²) in [5.74, 6) is 0.526. The molecule has 0 saturated heterocycles. The van der Waals surface area contributed by atoms with Gasteiger partial charge in [-0.1, -0.05) is 13.5 Å². The highest BCUT2D eigenvalue weighted by Crippen LogP contribution is 2.60. The third kappa shape index (κ3) is 2.29. The molecule has 0 radical (unpaired) electrons. The predicted molar refractivity (Wildman–Crippen MR) is 71.4 cm³/mol. The predicted octanol–water partition coefficient (Wildman–Crippen LogP) is 4.25. The molecule has 4 saturated carbocycles. The van der Waals surface area contributed by atoms with E-state index >= 15 is 0 Å². The van der Waals surface area contributed by atoms with Crippen LogP contribution in [0.5, 0.6) is 0 Å². The van der Waals surface area contributed by atoms with Crippen molar-refractivity contribution in [2.75, 3.05) is 0 Å². The van der Waals surface area contributed by atoms with E-state index in [9.17, 15) is 18.0 Å². The molecule has 4 bridgehead atoms. The number of alkyl halides is 3. The Morgan fingerprint density at radius 2 is 1.62 bits per heavy atom. The fraction of sp³-hybridized carbons (Fsp3) is 0.812. The Bertz CT molecular complexity index is 439. The third-order valence-corrected chi connectivity index (χ3v) is 5.94. The zero-order chi connectivity index (χ0) is 15.4. The molecular weight excluding hydrogens is 281 g/mol. The Hall–Kier alpha value is -1.00. The van der Waals surface area contributed by atoms with Gasteiger partial charge >= 0.3 is 12.1 Å². The second-order valence-electron chi connectivity index (χ2n) is 6.98. The molecule has 4 fully saturated rings. The minimum absolute atomic E-state index is 0.226. The van der Waals surface area contributed by atoms with E-state index < -0.39 is 23.3 Å². The van der Waals surface area contributed by atoms with Crippen LogP contribution in [0, 0.1) is 23.7 Å². The second kappa shape index (κ2) is 4.75. The number of rotatable bonds is 3. The Kier molecular flexibility index (Phi) is 3.37. The second-order valence-corrected chi connectivity index (χ2v) is 6.98. The fourth-order valence-corrected chi connectivity index (χ4v) is 5.15. The Morgan fingerprint density at radius 3 is 2.00 bits per heavy atom. The minimum atomic E-state index is -4.71. The van der Waals surface area contributed by atoms with Crippen LogP contribution in [0.1, 0.15) is 45.4 Å². The number of hydrogen-bond donors (Lipinski definition) is 0. The maximum atomic E-state index is 12.6. The molecule has 0 aromatic heterocycles. The Labute approximate surface area is 122 Å². The van der Waals surface area contributed by atoms with Crippen molar-refractivity contribution in [1.82, 2.24) is 0 Å². The summed E-state index contributed by atoms with van der Waals surface area (Å²) in [6.45, 7) is 4.80. The van der Waals surface area contributed by atoms with E-state index in [1.54, 1.807) is 0 Å². The minimum Gasteiger partial charge on any atom is -0.455 e. The summed E-state index contributed by atoms with van der Waals surface area (Å²) in [5, 5.41) is 0. The molecular formula is C16H21F3O2. The van der Waals surface area contributed by atoms with Gasteiger partial charge in [-0.05, 0) is 62.2 Å². The molecule has 118 valence electrons. The van der Waals surface area contributed by atoms with Gasteiger partial charge in [0.2, 0.25) is 0 Å². The van der Waals surface area contributed by atoms with Crippen molar-refractivity contribution in [3.63, 3.8) is 0 Å². The van der Waals surface area contributed by atoms with Gasteiger partial charge in [0.1, 0.15) is 11.2 Å². The highest BCUT2D eigenvalue weighted by atomic mass is 19.4. The van der Waals surface area contributed by atoms with Crippen LogP contribution in [0.25, 0.3) is 0 Å². The fourth-order valence-electron chi connectivity index (χ4n) is 5.15. The van der Waals surface area contributed by atoms with E-state index in [0.29, 0.717) is 18.3 Å². The number of carbonyl (C=O) groups excluding carboxylic acids is 1. The van der Waals surface area contributed by atoms with Gasteiger partial charge in [-0.25, -0.2) is 4.79 Å². The zero-order valence-electron chi connectivity index (χ0n) is 12.2. The number of esters is 1. The summed E-state index contributed by atoms with van der Waals surface area (Å²) in [7, 11) is 0. The number of ether oxygens (including phenoxy) is 1. The van der Waals surface area contributed by atoms with Crippen molar-refractivity contribution >= 4 is 5.97 Å². The van der Waals surface area contributed by atoms with Crippen LogP contribution in [0.15, 0.2) is 12.2 Å². The summed E-state index contributed by atoms with van der Waals surface area (Å²) in [6.07, 6.45) is 1.10. The van der Waals surface area contributed by atoms with Crippen molar-refractivity contribution in [2.24, 2.45) is 23.7 Å². The monoisotopic (exact) mass is 302 g/mol. The van der Waals surface area contributed by atoms with Crippen LogP contribution in [-0.2, 0) is 9.53 Å². The lowest BCUT2D eigenvalue weighted by Crippen LogP contribution is -2.59. The summed E-state index contributed by atoms with van der Waals surface area (Å²) < 4.78 is 43.4. The molecule has 0 unspecified atom stereocenters. The number of hydrogen-bond acceptors (Lipinski definition) is 2. The van der Waals surface area contributed by atoms with Gasteiger partial charge in [-0.2, -0.15) is 13.2 Å². The molecule has 21 heavy (non-hydrogen) atoms. The first-order chi connectivity index (χ1) is 9.76. The standard InChI is InChI=1S/C16H21F3O2/c1-3-15(21-14(20)9(2)16(17,18)19)12-5-10-4-11(7-12)8-13(15)6-10/h10-13H,2-8H2,1H3. The van der Waals surface area contributed by atoms with Gasteiger partial charge < -0.3 is 4.74 Å². The van der Waals surface area contributed by atoms with E-state index in [-0.39, 0.29) is 11.8 Å². The van der Waals surface area contributed by atoms with Crippen LogP contribution in [0.4, 0.5) is 13.2 Å². The molecule has 0 N–H and O–H groups in total. The maximum Gasteiger partial charge on any atom is 0.422 e. The van der Waals surface area contributed by atoms with Crippen LogP contribution < -0.4 is 0 Å². The largest absolute Gasteiger partial charge is 0.455 e. The van der Waals surface area contributed by atoms with Crippen molar-refractivity contribution in [3.8, 4) is 0 Å². The van der Waals surface area contributed by atoms with Crippen molar-refractivity contribution in [1.29, 1.82) is 0 Å². The lowest BCUT2D eigenvalue weighted by Gasteiger charge is -2.60. The first kappa shape index (κ1) is 14.9. The molecule has 4 aliphatic carbocycles. The molecule has 4 aliphatic rings. The highest BCUT2D eigenvalue weighted by molar-refractivity contribution is 5.89. The average Bonchev–Trinajstić information content (AvgIpc) is 2.40. The summed E-state index contributed by atoms with van der Waals surface area (Å²) in [4.78, 5) is 11.9. The van der Waals surface area contributed by atoms with Crippen LogP contribution in [0.3, 0.4) is 0 Å². The van der Waals surface area contributed by atoms with Gasteiger partial charge in [0.15, 0.2) is 0 Å². The van der Waals surface area contributed by atoms with E-state index in [0.717, 1.165) is 25.7 Å². The molecule has 5 heteroatoms. The normalized spacial score (nSPS) is 41.1. The molecule has 0 heterocycles. The van der Waals surface area contributed by atoms with Gasteiger partial charge in [-0.15, -0.1) is 0 Å². The smallest absolute Gasteiger partial charge is 0.422 e. The van der Waals surface area contributed by atoms with E-state index in [4.69, 9.17) is 4.74 Å². The van der Waals surface area contributed by atoms with Crippen molar-refractivity contribution in [3.05, 3.63) is 12.2 Å². The topological polar surface area (TPSA) is 26.3 Å². The Morgan fingerprint density at radius 1 is 1.14 bits per heavy atom. The summed E-state index contributed by atoms with van der Waals surface area (Å²) >= 11 is 0. The van der Waals surface area contributed by atoms with Crippen LogP contribution >= 0.6 is 0 Å². The van der Waals surface area contributed by atoms with Gasteiger partial charge in [-0.3, -0.25) is 0 Å². The third-order valence-electron chi connectivity index (χ3n) is 5.94. The lowest BCUT2D eigenvalue weighted by molar-refractivity contribution is -0.211. The Balaban J connectivity index is 1.82. The molecule has 0 aromatic rings. The summed E-state index contributed by atoms with van der Waals surface area (Å²) in [5.41, 5.74) is -2.08. The van der Waals surface area contributed by atoms with Gasteiger partial charge in [0.25, 0.3) is 0 Å². The van der Waals surface area contributed by atoms with E-state index in [1.807, 2.05) is 6.92 Å². The van der Waals surface area contributed by atoms with E-state index in [1.165, 1.54) is 6.42 Å². The lowest BCUT2D eigenvalue weighted by atomic mass is 9.49. The van der Waals surface area contributed by atoms with Crippen LogP contribution in [0.2, 0.25) is 0 Å². The van der Waals surface area contributed by atoms with Gasteiger partial charge in [0, 0.05) is 0 Å². The zero-order valence-corrected chi connectivity index (χ0v) is 12.2. The van der Waals surface area contributed by atoms with E-state index in [2.05, 4.69) is 6.58 Å². The molecule has 0 spiro atoms. The SMILES string of the molecule is C=C(C(=O)OC1(CC)C2CC3CC(C2)CC1C3)C(F)(F)F. The molecule has 0 atom stereocenters. The quantitative estimate of drug-likeness (QED) is 0.575. The number of carbonyl (C=O) groups is 1. The molecule has 0 aromatic carbocycles. The first-order valence-electron chi connectivity index (χ1n) is 7.75.